The normalized spacial score (nSPS) is 11.6. The van der Waals surface area contributed by atoms with E-state index >= 15 is 0 Å². The van der Waals surface area contributed by atoms with E-state index < -0.39 is 0 Å². The molecule has 7 aromatic carbocycles. The van der Waals surface area contributed by atoms with Crippen molar-refractivity contribution in [1.29, 1.82) is 0 Å². The van der Waals surface area contributed by atoms with E-state index in [1.165, 1.54) is 16.3 Å². The highest BCUT2D eigenvalue weighted by molar-refractivity contribution is 6.17. The first-order chi connectivity index (χ1) is 27.8. The third kappa shape index (κ3) is 5.23. The number of hydrogen-bond donors (Lipinski definition) is 0. The van der Waals surface area contributed by atoms with Crippen LogP contribution in [0.4, 0.5) is 0 Å². The molecule has 4 heteroatoms. The van der Waals surface area contributed by atoms with Crippen LogP contribution in [0.5, 0.6) is 0 Å². The Morgan fingerprint density at radius 3 is 1.77 bits per heavy atom. The fourth-order valence-electron chi connectivity index (χ4n) is 8.43. The topological polar surface area (TPSA) is 35.6 Å². The molecule has 0 N–H and O–H groups in total. The van der Waals surface area contributed by atoms with Gasteiger partial charge in [0.2, 0.25) is 0 Å². The first-order valence-electron chi connectivity index (χ1n) is 19.0. The molecule has 0 aliphatic rings. The Morgan fingerprint density at radius 1 is 0.339 bits per heavy atom. The lowest BCUT2D eigenvalue weighted by molar-refractivity contribution is 1.18. The zero-order valence-corrected chi connectivity index (χ0v) is 30.4. The van der Waals surface area contributed by atoms with E-state index in [0.29, 0.717) is 0 Å². The molecule has 4 heterocycles. The van der Waals surface area contributed by atoms with E-state index in [1.54, 1.807) is 0 Å². The van der Waals surface area contributed by atoms with Gasteiger partial charge in [-0.25, -0.2) is 4.98 Å². The molecule has 4 nitrogen and oxygen atoms in total. The van der Waals surface area contributed by atoms with Gasteiger partial charge in [-0.15, -0.1) is 0 Å². The summed E-state index contributed by atoms with van der Waals surface area (Å²) >= 11 is 0. The summed E-state index contributed by atoms with van der Waals surface area (Å²) in [4.78, 5) is 10.1. The van der Waals surface area contributed by atoms with Crippen molar-refractivity contribution in [3.05, 3.63) is 206 Å². The summed E-state index contributed by atoms with van der Waals surface area (Å²) in [6.45, 7) is 0. The van der Waals surface area contributed by atoms with E-state index in [-0.39, 0.29) is 0 Å². The number of pyridine rings is 2. The Bertz CT molecular complexity index is 3170. The van der Waals surface area contributed by atoms with E-state index in [4.69, 9.17) is 9.97 Å². The predicted octanol–water partition coefficient (Wildman–Crippen LogP) is 13.3. The summed E-state index contributed by atoms with van der Waals surface area (Å²) in [6, 6.07) is 71.2. The van der Waals surface area contributed by atoms with Gasteiger partial charge in [-0.2, -0.15) is 0 Å². The lowest BCUT2D eigenvalue weighted by Gasteiger charge is -2.13. The maximum absolute atomic E-state index is 5.25. The summed E-state index contributed by atoms with van der Waals surface area (Å²) in [5, 5.41) is 3.57. The molecule has 0 fully saturated rings. The smallest absolute Gasteiger partial charge is 0.0963 e. The second-order valence-electron chi connectivity index (χ2n) is 14.2. The van der Waals surface area contributed by atoms with Gasteiger partial charge in [0.05, 0.1) is 39.0 Å². The predicted molar refractivity (Wildman–Crippen MR) is 232 cm³/mol. The Kier molecular flexibility index (Phi) is 7.46. The molecule has 4 aromatic heterocycles. The van der Waals surface area contributed by atoms with Crippen LogP contribution in [0.2, 0.25) is 0 Å². The first kappa shape index (κ1) is 31.9. The fraction of sp³-hybridized carbons (Fsp3) is 0. The van der Waals surface area contributed by atoms with Crippen LogP contribution in [0.3, 0.4) is 0 Å². The summed E-state index contributed by atoms with van der Waals surface area (Å²) < 4.78 is 4.71. The SMILES string of the molecule is c1ccc(-c2cc(-c3ccccc3)nc(-c3cccc(-n4c5ccccc5c5c(-c6ccc7c(c6)c6ncccc6n7-c6ccccc6)cccc54)c3)c2)cc1. The van der Waals surface area contributed by atoms with Gasteiger partial charge in [0.25, 0.3) is 0 Å². The molecule has 0 aliphatic carbocycles. The number of para-hydroxylation sites is 2. The molecule has 262 valence electrons. The summed E-state index contributed by atoms with van der Waals surface area (Å²) in [7, 11) is 0. The molecule has 56 heavy (non-hydrogen) atoms. The van der Waals surface area contributed by atoms with Crippen LogP contribution in [-0.4, -0.2) is 19.1 Å². The summed E-state index contributed by atoms with van der Waals surface area (Å²) in [5.41, 5.74) is 16.5. The largest absolute Gasteiger partial charge is 0.309 e. The quantitative estimate of drug-likeness (QED) is 0.172. The molecule has 0 radical (unpaired) electrons. The molecule has 0 bridgehead atoms. The Morgan fingerprint density at radius 2 is 0.946 bits per heavy atom. The first-order valence-corrected chi connectivity index (χ1v) is 19.0. The van der Waals surface area contributed by atoms with Gasteiger partial charge >= 0.3 is 0 Å². The third-order valence-electron chi connectivity index (χ3n) is 10.9. The molecule has 0 saturated heterocycles. The van der Waals surface area contributed by atoms with Crippen molar-refractivity contribution in [2.24, 2.45) is 0 Å². The monoisotopic (exact) mass is 714 g/mol. The van der Waals surface area contributed by atoms with Crippen LogP contribution in [0, 0.1) is 0 Å². The van der Waals surface area contributed by atoms with Crippen LogP contribution in [0.25, 0.3) is 99.9 Å². The summed E-state index contributed by atoms with van der Waals surface area (Å²) in [5.74, 6) is 0. The molecule has 0 saturated carbocycles. The van der Waals surface area contributed by atoms with Crippen molar-refractivity contribution >= 4 is 43.7 Å². The van der Waals surface area contributed by atoms with Crippen LogP contribution < -0.4 is 0 Å². The van der Waals surface area contributed by atoms with Gasteiger partial charge in [0, 0.05) is 44.9 Å². The number of hydrogen-bond acceptors (Lipinski definition) is 2. The molecule has 0 unspecified atom stereocenters. The van der Waals surface area contributed by atoms with Gasteiger partial charge in [-0.3, -0.25) is 4.98 Å². The molecule has 0 spiro atoms. The average Bonchev–Trinajstić information content (AvgIpc) is 3.80. The van der Waals surface area contributed by atoms with Crippen LogP contribution >= 0.6 is 0 Å². The van der Waals surface area contributed by atoms with Crippen LogP contribution in [-0.2, 0) is 0 Å². The average molecular weight is 715 g/mol. The lowest BCUT2D eigenvalue weighted by atomic mass is 9.98. The molecule has 11 rings (SSSR count). The van der Waals surface area contributed by atoms with Crippen molar-refractivity contribution < 1.29 is 0 Å². The number of nitrogens with zero attached hydrogens (tertiary/aromatic N) is 4. The molecule has 0 atom stereocenters. The molecule has 0 amide bonds. The van der Waals surface area contributed by atoms with E-state index in [9.17, 15) is 0 Å². The van der Waals surface area contributed by atoms with Gasteiger partial charge in [0.1, 0.15) is 0 Å². The Balaban J connectivity index is 1.09. The van der Waals surface area contributed by atoms with Crippen molar-refractivity contribution in [1.82, 2.24) is 19.1 Å². The molecular weight excluding hydrogens is 681 g/mol. The number of fused-ring (bicyclic) bond motifs is 6. The van der Waals surface area contributed by atoms with Gasteiger partial charge < -0.3 is 9.13 Å². The van der Waals surface area contributed by atoms with E-state index in [0.717, 1.165) is 83.5 Å². The highest BCUT2D eigenvalue weighted by Gasteiger charge is 2.19. The second-order valence-corrected chi connectivity index (χ2v) is 14.2. The Labute approximate surface area is 324 Å². The van der Waals surface area contributed by atoms with Gasteiger partial charge in [0.15, 0.2) is 0 Å². The highest BCUT2D eigenvalue weighted by Crippen LogP contribution is 2.41. The van der Waals surface area contributed by atoms with Crippen molar-refractivity contribution in [2.75, 3.05) is 0 Å². The zero-order chi connectivity index (χ0) is 37.0. The standard InChI is InChI=1S/C52H34N4/c1-4-15-35(16-5-1)39-33-45(36-17-6-2-7-18-36)54-46(34-39)38-19-12-22-41(31-38)56-47-25-11-10-23-43(47)51-42(24-13-26-49(51)56)37-28-29-48-44(32-37)52-50(27-14-30-53-52)55(48)40-20-8-3-9-21-40/h1-34H. The van der Waals surface area contributed by atoms with Crippen molar-refractivity contribution in [3.8, 4) is 56.1 Å². The number of aromatic nitrogens is 4. The van der Waals surface area contributed by atoms with E-state index in [2.05, 4.69) is 197 Å². The lowest BCUT2D eigenvalue weighted by Crippen LogP contribution is -1.96. The van der Waals surface area contributed by atoms with Gasteiger partial charge in [-0.05, 0) is 95.1 Å². The fourth-order valence-corrected chi connectivity index (χ4v) is 8.43. The molecular formula is C52H34N4. The molecule has 0 aliphatic heterocycles. The number of benzene rings is 7. The third-order valence-corrected chi connectivity index (χ3v) is 10.9. The number of rotatable bonds is 6. The van der Waals surface area contributed by atoms with Crippen molar-refractivity contribution in [2.45, 2.75) is 0 Å². The van der Waals surface area contributed by atoms with Gasteiger partial charge in [-0.1, -0.05) is 127 Å². The van der Waals surface area contributed by atoms with Crippen molar-refractivity contribution in [3.63, 3.8) is 0 Å². The highest BCUT2D eigenvalue weighted by atomic mass is 15.0. The minimum atomic E-state index is 0.935. The minimum Gasteiger partial charge on any atom is -0.309 e. The maximum atomic E-state index is 5.25. The van der Waals surface area contributed by atoms with Crippen LogP contribution in [0.1, 0.15) is 0 Å². The summed E-state index contributed by atoms with van der Waals surface area (Å²) in [6.07, 6.45) is 1.89. The maximum Gasteiger partial charge on any atom is 0.0963 e. The minimum absolute atomic E-state index is 0.935. The Hall–Kier alpha value is -7.56. The van der Waals surface area contributed by atoms with Crippen LogP contribution in [0.15, 0.2) is 206 Å². The van der Waals surface area contributed by atoms with E-state index in [1.807, 2.05) is 18.3 Å². The molecule has 11 aromatic rings. The second kappa shape index (κ2) is 13.1. The zero-order valence-electron chi connectivity index (χ0n) is 30.4.